The van der Waals surface area contributed by atoms with Crippen molar-refractivity contribution in [3.8, 4) is 17.0 Å². The summed E-state index contributed by atoms with van der Waals surface area (Å²) in [7, 11) is 3.22. The van der Waals surface area contributed by atoms with E-state index in [9.17, 15) is 4.39 Å². The predicted molar refractivity (Wildman–Crippen MR) is 68.3 cm³/mol. The number of anilines is 1. The standard InChI is InChI=1S/C13H14FN3O/c1-8-6-11(16-17-13(8)15-2)9-4-5-12(18-3)10(14)7-9/h4-7H,1-3H3,(H,15,17). The van der Waals surface area contributed by atoms with Crippen molar-refractivity contribution in [2.24, 2.45) is 0 Å². The highest BCUT2D eigenvalue weighted by Crippen LogP contribution is 2.25. The predicted octanol–water partition coefficient (Wildman–Crippen LogP) is 2.64. The Morgan fingerprint density at radius 1 is 1.22 bits per heavy atom. The first-order chi connectivity index (χ1) is 8.65. The van der Waals surface area contributed by atoms with Crippen molar-refractivity contribution in [2.45, 2.75) is 6.92 Å². The molecular weight excluding hydrogens is 233 g/mol. The van der Waals surface area contributed by atoms with Crippen LogP contribution in [0.1, 0.15) is 5.56 Å². The summed E-state index contributed by atoms with van der Waals surface area (Å²) < 4.78 is 18.5. The fraction of sp³-hybridized carbons (Fsp3) is 0.231. The van der Waals surface area contributed by atoms with Crippen LogP contribution in [0.5, 0.6) is 5.75 Å². The lowest BCUT2D eigenvalue weighted by Crippen LogP contribution is -1.99. The third-order valence-corrected chi connectivity index (χ3v) is 2.67. The smallest absolute Gasteiger partial charge is 0.165 e. The Balaban J connectivity index is 2.42. The van der Waals surface area contributed by atoms with Gasteiger partial charge in [-0.15, -0.1) is 10.2 Å². The minimum absolute atomic E-state index is 0.218. The molecule has 4 nitrogen and oxygen atoms in total. The summed E-state index contributed by atoms with van der Waals surface area (Å²) in [6.45, 7) is 1.92. The molecule has 1 aromatic carbocycles. The first-order valence-corrected chi connectivity index (χ1v) is 5.51. The van der Waals surface area contributed by atoms with Gasteiger partial charge in [-0.3, -0.25) is 0 Å². The average Bonchev–Trinajstić information content (AvgIpc) is 2.38. The molecule has 0 unspecified atom stereocenters. The van der Waals surface area contributed by atoms with Crippen molar-refractivity contribution in [1.82, 2.24) is 10.2 Å². The maximum absolute atomic E-state index is 13.6. The maximum Gasteiger partial charge on any atom is 0.165 e. The second-order valence-corrected chi connectivity index (χ2v) is 3.86. The first-order valence-electron chi connectivity index (χ1n) is 5.51. The number of ether oxygens (including phenoxy) is 1. The van der Waals surface area contributed by atoms with Crippen molar-refractivity contribution in [3.63, 3.8) is 0 Å². The molecule has 2 aromatic rings. The normalized spacial score (nSPS) is 10.2. The van der Waals surface area contributed by atoms with Crippen LogP contribution in [-0.2, 0) is 0 Å². The molecule has 18 heavy (non-hydrogen) atoms. The number of methoxy groups -OCH3 is 1. The molecule has 1 N–H and O–H groups in total. The molecule has 0 amide bonds. The van der Waals surface area contributed by atoms with Crippen LogP contribution >= 0.6 is 0 Å². The SMILES string of the molecule is CNc1nnc(-c2ccc(OC)c(F)c2)cc1C. The van der Waals surface area contributed by atoms with E-state index in [0.717, 1.165) is 5.56 Å². The minimum atomic E-state index is -0.410. The highest BCUT2D eigenvalue weighted by atomic mass is 19.1. The van der Waals surface area contributed by atoms with E-state index in [-0.39, 0.29) is 5.75 Å². The molecule has 0 atom stereocenters. The van der Waals surface area contributed by atoms with Crippen molar-refractivity contribution in [3.05, 3.63) is 35.6 Å². The van der Waals surface area contributed by atoms with Crippen molar-refractivity contribution < 1.29 is 9.13 Å². The Hall–Kier alpha value is -2.17. The zero-order valence-electron chi connectivity index (χ0n) is 10.5. The lowest BCUT2D eigenvalue weighted by atomic mass is 10.1. The van der Waals surface area contributed by atoms with E-state index in [4.69, 9.17) is 4.74 Å². The molecule has 0 spiro atoms. The minimum Gasteiger partial charge on any atom is -0.494 e. The zero-order chi connectivity index (χ0) is 13.1. The zero-order valence-corrected chi connectivity index (χ0v) is 10.5. The van der Waals surface area contributed by atoms with Gasteiger partial charge < -0.3 is 10.1 Å². The Morgan fingerprint density at radius 2 is 2.00 bits per heavy atom. The fourth-order valence-corrected chi connectivity index (χ4v) is 1.70. The van der Waals surface area contributed by atoms with Crippen molar-refractivity contribution in [1.29, 1.82) is 0 Å². The van der Waals surface area contributed by atoms with Gasteiger partial charge in [0.1, 0.15) is 0 Å². The van der Waals surface area contributed by atoms with Crippen molar-refractivity contribution in [2.75, 3.05) is 19.5 Å². The van der Waals surface area contributed by atoms with E-state index in [2.05, 4.69) is 15.5 Å². The monoisotopic (exact) mass is 247 g/mol. The summed E-state index contributed by atoms with van der Waals surface area (Å²) in [6.07, 6.45) is 0. The third-order valence-electron chi connectivity index (χ3n) is 2.67. The molecular formula is C13H14FN3O. The molecule has 0 fully saturated rings. The van der Waals surface area contributed by atoms with Crippen LogP contribution in [-0.4, -0.2) is 24.4 Å². The number of halogens is 1. The Bertz CT molecular complexity index is 521. The van der Waals surface area contributed by atoms with Gasteiger partial charge in [-0.2, -0.15) is 0 Å². The fourth-order valence-electron chi connectivity index (χ4n) is 1.70. The Kier molecular flexibility index (Phi) is 3.41. The van der Waals surface area contributed by atoms with Gasteiger partial charge in [-0.05, 0) is 36.8 Å². The van der Waals surface area contributed by atoms with Gasteiger partial charge in [0.15, 0.2) is 17.4 Å². The second-order valence-electron chi connectivity index (χ2n) is 3.86. The molecule has 2 rings (SSSR count). The third kappa shape index (κ3) is 2.25. The molecule has 0 saturated heterocycles. The van der Waals surface area contributed by atoms with Gasteiger partial charge in [-0.25, -0.2) is 4.39 Å². The highest BCUT2D eigenvalue weighted by Gasteiger charge is 2.08. The molecule has 0 radical (unpaired) electrons. The van der Waals surface area contributed by atoms with Crippen LogP contribution in [0.15, 0.2) is 24.3 Å². The largest absolute Gasteiger partial charge is 0.494 e. The van der Waals surface area contributed by atoms with Crippen LogP contribution < -0.4 is 10.1 Å². The highest BCUT2D eigenvalue weighted by molar-refractivity contribution is 5.62. The molecule has 0 bridgehead atoms. The molecule has 0 aliphatic heterocycles. The Morgan fingerprint density at radius 3 is 2.56 bits per heavy atom. The van der Waals surface area contributed by atoms with E-state index >= 15 is 0 Å². The summed E-state index contributed by atoms with van der Waals surface area (Å²) in [5, 5.41) is 11.0. The number of rotatable bonds is 3. The summed E-state index contributed by atoms with van der Waals surface area (Å²) in [5.41, 5.74) is 2.26. The van der Waals surface area contributed by atoms with Crippen LogP contribution in [0.4, 0.5) is 10.2 Å². The van der Waals surface area contributed by atoms with Gasteiger partial charge in [0.2, 0.25) is 0 Å². The summed E-state index contributed by atoms with van der Waals surface area (Å²) in [6, 6.07) is 6.58. The van der Waals surface area contributed by atoms with Gasteiger partial charge in [-0.1, -0.05) is 0 Å². The summed E-state index contributed by atoms with van der Waals surface area (Å²) in [4.78, 5) is 0. The van der Waals surface area contributed by atoms with E-state index in [1.165, 1.54) is 13.2 Å². The molecule has 0 saturated carbocycles. The topological polar surface area (TPSA) is 47.0 Å². The summed E-state index contributed by atoms with van der Waals surface area (Å²) in [5.74, 6) is 0.523. The van der Waals surface area contributed by atoms with Crippen LogP contribution in [0, 0.1) is 12.7 Å². The van der Waals surface area contributed by atoms with Gasteiger partial charge in [0, 0.05) is 12.6 Å². The van der Waals surface area contributed by atoms with Gasteiger partial charge >= 0.3 is 0 Å². The van der Waals surface area contributed by atoms with E-state index in [0.29, 0.717) is 17.1 Å². The lowest BCUT2D eigenvalue weighted by molar-refractivity contribution is 0.386. The molecule has 1 aromatic heterocycles. The van der Waals surface area contributed by atoms with E-state index in [1.807, 2.05) is 13.0 Å². The molecule has 0 aliphatic rings. The molecule has 0 aliphatic carbocycles. The van der Waals surface area contributed by atoms with Gasteiger partial charge in [0.25, 0.3) is 0 Å². The number of benzene rings is 1. The van der Waals surface area contributed by atoms with Gasteiger partial charge in [0.05, 0.1) is 12.8 Å². The van der Waals surface area contributed by atoms with Crippen LogP contribution in [0.3, 0.4) is 0 Å². The van der Waals surface area contributed by atoms with E-state index < -0.39 is 5.82 Å². The number of aromatic nitrogens is 2. The lowest BCUT2D eigenvalue weighted by Gasteiger charge is -2.07. The Labute approximate surface area is 105 Å². The number of nitrogens with one attached hydrogen (secondary N) is 1. The number of hydrogen-bond acceptors (Lipinski definition) is 4. The van der Waals surface area contributed by atoms with E-state index in [1.54, 1.807) is 19.2 Å². The summed E-state index contributed by atoms with van der Waals surface area (Å²) >= 11 is 0. The first kappa shape index (κ1) is 12.3. The maximum atomic E-state index is 13.6. The number of aryl methyl sites for hydroxylation is 1. The number of hydrogen-bond donors (Lipinski definition) is 1. The second kappa shape index (κ2) is 5.00. The molecule has 94 valence electrons. The average molecular weight is 247 g/mol. The van der Waals surface area contributed by atoms with Crippen molar-refractivity contribution >= 4 is 5.82 Å². The van der Waals surface area contributed by atoms with Crippen LogP contribution in [0.25, 0.3) is 11.3 Å². The van der Waals surface area contributed by atoms with Crippen LogP contribution in [0.2, 0.25) is 0 Å². The number of nitrogens with zero attached hydrogens (tertiary/aromatic N) is 2. The molecule has 1 heterocycles. The quantitative estimate of drug-likeness (QED) is 0.905. The molecule has 5 heteroatoms.